The second-order valence-electron chi connectivity index (χ2n) is 3.96. The van der Waals surface area contributed by atoms with E-state index in [1.807, 2.05) is 22.6 Å². The third-order valence-corrected chi connectivity index (χ3v) is 4.96. The van der Waals surface area contributed by atoms with Gasteiger partial charge < -0.3 is 15.5 Å². The van der Waals surface area contributed by atoms with Gasteiger partial charge >= 0.3 is 5.97 Å². The van der Waals surface area contributed by atoms with Crippen molar-refractivity contribution in [3.63, 3.8) is 0 Å². The Hall–Kier alpha value is -1.13. The van der Waals surface area contributed by atoms with Crippen LogP contribution < -0.4 is 5.32 Å². The molecule has 0 saturated carbocycles. The summed E-state index contributed by atoms with van der Waals surface area (Å²) in [5.41, 5.74) is -0.268. The molecule has 0 saturated heterocycles. The van der Waals surface area contributed by atoms with Gasteiger partial charge in [-0.15, -0.1) is 0 Å². The number of carbonyl (C=O) groups excluding carboxylic acids is 1. The van der Waals surface area contributed by atoms with E-state index < -0.39 is 18.4 Å². The number of hydrogen-bond donors (Lipinski definition) is 3. The number of benzene rings is 1. The van der Waals surface area contributed by atoms with Gasteiger partial charge in [-0.3, -0.25) is 9.59 Å². The van der Waals surface area contributed by atoms with Gasteiger partial charge in [0.15, 0.2) is 11.4 Å². The van der Waals surface area contributed by atoms with E-state index in [1.54, 1.807) is 12.1 Å². The van der Waals surface area contributed by atoms with Gasteiger partial charge in [-0.05, 0) is 50.7 Å². The number of nitrogens with one attached hydrogen (secondary N) is 1. The maximum Gasteiger partial charge on any atom is 0.322 e. The summed E-state index contributed by atoms with van der Waals surface area (Å²) >= 11 is 11.2. The third kappa shape index (κ3) is 3.22. The molecule has 0 radical (unpaired) electrons. The molecule has 2 rings (SSSR count). The van der Waals surface area contributed by atoms with E-state index in [2.05, 4.69) is 26.2 Å². The number of pyridine rings is 1. The lowest BCUT2D eigenvalue weighted by molar-refractivity contribution is -0.135. The number of fused-ring (bicyclic) bond motifs is 1. The van der Waals surface area contributed by atoms with Gasteiger partial charge in [0, 0.05) is 14.3 Å². The van der Waals surface area contributed by atoms with Gasteiger partial charge in [0.05, 0.1) is 5.02 Å². The number of carboxylic acid groups (broad SMARTS) is 1. The zero-order valence-corrected chi connectivity index (χ0v) is 14.7. The molecular weight excluding hydrogens is 478 g/mol. The summed E-state index contributed by atoms with van der Waals surface area (Å²) in [4.78, 5) is 26.3. The molecule has 0 fully saturated rings. The van der Waals surface area contributed by atoms with E-state index in [9.17, 15) is 14.7 Å². The highest BCUT2D eigenvalue weighted by Gasteiger charge is 2.21. The first kappa shape index (κ1) is 16.2. The maximum atomic E-state index is 11.9. The van der Waals surface area contributed by atoms with Gasteiger partial charge in [0.25, 0.3) is 5.91 Å². The molecule has 0 spiro atoms. The van der Waals surface area contributed by atoms with Crippen molar-refractivity contribution in [3.05, 3.63) is 31.0 Å². The number of halogens is 3. The standard InChI is InChI=1S/C12H7BrClIN2O4/c13-11-4-1-2-5(14)8(15)7(4)10(20)9(17-11)12(21)16-3-6(18)19/h1-2,20H,3H2,(H,16,21)(H,18,19). The van der Waals surface area contributed by atoms with Gasteiger partial charge in [0.1, 0.15) is 11.1 Å². The molecule has 1 aromatic heterocycles. The molecule has 0 aliphatic rings. The van der Waals surface area contributed by atoms with Crippen molar-refractivity contribution < 1.29 is 19.8 Å². The summed E-state index contributed by atoms with van der Waals surface area (Å²) in [7, 11) is 0. The zero-order valence-electron chi connectivity index (χ0n) is 10.2. The number of aromatic nitrogens is 1. The van der Waals surface area contributed by atoms with Gasteiger partial charge in [-0.25, -0.2) is 4.98 Å². The molecule has 9 heteroatoms. The van der Waals surface area contributed by atoms with Gasteiger partial charge in [0.2, 0.25) is 0 Å². The summed E-state index contributed by atoms with van der Waals surface area (Å²) in [5, 5.41) is 22.4. The fourth-order valence-electron chi connectivity index (χ4n) is 1.68. The highest BCUT2D eigenvalue weighted by atomic mass is 127. The Labute approximate surface area is 145 Å². The van der Waals surface area contributed by atoms with Crippen LogP contribution in [-0.2, 0) is 4.79 Å². The first-order valence-corrected chi connectivity index (χ1v) is 7.74. The van der Waals surface area contributed by atoms with E-state index >= 15 is 0 Å². The van der Waals surface area contributed by atoms with E-state index in [0.29, 0.717) is 24.0 Å². The molecule has 0 bridgehead atoms. The number of aromatic hydroxyl groups is 1. The zero-order chi connectivity index (χ0) is 15.7. The number of carboxylic acids is 1. The third-order valence-electron chi connectivity index (χ3n) is 2.60. The number of aliphatic carboxylic acids is 1. The van der Waals surface area contributed by atoms with Crippen LogP contribution in [0.3, 0.4) is 0 Å². The molecular formula is C12H7BrClIN2O4. The Morgan fingerprint density at radius 1 is 1.43 bits per heavy atom. The first-order valence-electron chi connectivity index (χ1n) is 5.49. The van der Waals surface area contributed by atoms with Crippen LogP contribution in [0.1, 0.15) is 10.5 Å². The fraction of sp³-hybridized carbons (Fsp3) is 0.0833. The first-order chi connectivity index (χ1) is 9.82. The van der Waals surface area contributed by atoms with Crippen molar-refractivity contribution in [2.45, 2.75) is 0 Å². The predicted octanol–water partition coefficient (Wildman–Crippen LogP) is 2.78. The summed E-state index contributed by atoms with van der Waals surface area (Å²) in [6.45, 7) is -0.567. The molecule has 21 heavy (non-hydrogen) atoms. The van der Waals surface area contributed by atoms with Crippen LogP contribution in [0.4, 0.5) is 0 Å². The lowest BCUT2D eigenvalue weighted by Crippen LogP contribution is -2.30. The fourth-order valence-corrected chi connectivity index (χ4v) is 3.07. The van der Waals surface area contributed by atoms with Crippen LogP contribution in [0.25, 0.3) is 10.8 Å². The summed E-state index contributed by atoms with van der Waals surface area (Å²) < 4.78 is 0.921. The van der Waals surface area contributed by atoms with Crippen molar-refractivity contribution in [1.82, 2.24) is 10.3 Å². The van der Waals surface area contributed by atoms with E-state index in [1.165, 1.54) is 0 Å². The molecule has 1 heterocycles. The maximum absolute atomic E-state index is 11.9. The van der Waals surface area contributed by atoms with Gasteiger partial charge in [-0.1, -0.05) is 11.6 Å². The van der Waals surface area contributed by atoms with Crippen molar-refractivity contribution in [2.75, 3.05) is 6.54 Å². The monoisotopic (exact) mass is 484 g/mol. The molecule has 3 N–H and O–H groups in total. The van der Waals surface area contributed by atoms with Crippen molar-refractivity contribution in [1.29, 1.82) is 0 Å². The number of nitrogens with zero attached hydrogens (tertiary/aromatic N) is 1. The number of rotatable bonds is 3. The largest absolute Gasteiger partial charge is 0.505 e. The van der Waals surface area contributed by atoms with Crippen LogP contribution in [0, 0.1) is 3.57 Å². The number of hydrogen-bond acceptors (Lipinski definition) is 4. The Bertz CT molecular complexity index is 769. The molecule has 2 aromatic rings. The highest BCUT2D eigenvalue weighted by Crippen LogP contribution is 2.38. The number of amides is 1. The quantitative estimate of drug-likeness (QED) is 0.459. The van der Waals surface area contributed by atoms with Gasteiger partial charge in [-0.2, -0.15) is 0 Å². The smallest absolute Gasteiger partial charge is 0.322 e. The van der Waals surface area contributed by atoms with Crippen LogP contribution in [0.5, 0.6) is 5.75 Å². The second-order valence-corrected chi connectivity index (χ2v) is 6.20. The van der Waals surface area contributed by atoms with Crippen LogP contribution in [0.15, 0.2) is 16.7 Å². The molecule has 0 aliphatic heterocycles. The minimum atomic E-state index is -1.19. The molecule has 1 amide bonds. The minimum Gasteiger partial charge on any atom is -0.505 e. The molecule has 1 aromatic carbocycles. The minimum absolute atomic E-state index is 0.268. The second kappa shape index (κ2) is 6.32. The lowest BCUT2D eigenvalue weighted by atomic mass is 10.1. The Balaban J connectivity index is 2.61. The van der Waals surface area contributed by atoms with Crippen LogP contribution in [-0.4, -0.2) is 33.6 Å². The molecule has 6 nitrogen and oxygen atoms in total. The van der Waals surface area contributed by atoms with Crippen molar-refractivity contribution in [2.24, 2.45) is 0 Å². The van der Waals surface area contributed by atoms with Crippen LogP contribution in [0.2, 0.25) is 5.02 Å². The van der Waals surface area contributed by atoms with E-state index in [-0.39, 0.29) is 11.4 Å². The highest BCUT2D eigenvalue weighted by molar-refractivity contribution is 14.1. The topological polar surface area (TPSA) is 99.5 Å². The molecule has 110 valence electrons. The normalized spacial score (nSPS) is 10.6. The average Bonchev–Trinajstić information content (AvgIpc) is 2.43. The average molecular weight is 485 g/mol. The van der Waals surface area contributed by atoms with E-state index in [4.69, 9.17) is 16.7 Å². The van der Waals surface area contributed by atoms with Crippen molar-refractivity contribution >= 4 is 72.8 Å². The predicted molar refractivity (Wildman–Crippen MR) is 88.8 cm³/mol. The summed E-state index contributed by atoms with van der Waals surface area (Å²) in [5.74, 6) is -2.32. The molecule has 0 atom stereocenters. The number of carbonyl (C=O) groups is 2. The Kier molecular flexibility index (Phi) is 4.89. The molecule has 0 aliphatic carbocycles. The molecule has 0 unspecified atom stereocenters. The lowest BCUT2D eigenvalue weighted by Gasteiger charge is -2.11. The summed E-state index contributed by atoms with van der Waals surface area (Å²) in [6, 6.07) is 3.32. The van der Waals surface area contributed by atoms with Crippen molar-refractivity contribution in [3.8, 4) is 5.75 Å². The Morgan fingerprint density at radius 3 is 2.71 bits per heavy atom. The SMILES string of the molecule is O=C(O)CNC(=O)c1nc(Br)c2ccc(Cl)c(I)c2c1O. The Morgan fingerprint density at radius 2 is 2.10 bits per heavy atom. The van der Waals surface area contributed by atoms with Crippen LogP contribution >= 0.6 is 50.1 Å². The van der Waals surface area contributed by atoms with E-state index in [0.717, 1.165) is 0 Å². The summed E-state index contributed by atoms with van der Waals surface area (Å²) in [6.07, 6.45) is 0.